The van der Waals surface area contributed by atoms with E-state index in [9.17, 15) is 0 Å². The molecule has 0 aliphatic carbocycles. The van der Waals surface area contributed by atoms with E-state index in [1.54, 1.807) is 17.5 Å². The van der Waals surface area contributed by atoms with Gasteiger partial charge in [0.05, 0.1) is 10.6 Å². The normalized spacial score (nSPS) is 17.0. The first-order chi connectivity index (χ1) is 12.2. The zero-order valence-corrected chi connectivity index (χ0v) is 14.8. The quantitative estimate of drug-likeness (QED) is 0.751. The average Bonchev–Trinajstić information content (AvgIpc) is 3.24. The summed E-state index contributed by atoms with van der Waals surface area (Å²) >= 11 is 1.66. The van der Waals surface area contributed by atoms with Crippen molar-refractivity contribution in [2.45, 2.75) is 19.4 Å². The van der Waals surface area contributed by atoms with Crippen molar-refractivity contribution in [1.82, 2.24) is 15.0 Å². The maximum atomic E-state index is 5.99. The predicted molar refractivity (Wildman–Crippen MR) is 102 cm³/mol. The maximum Gasteiger partial charge on any atom is 0.185 e. The molecule has 0 amide bonds. The van der Waals surface area contributed by atoms with Gasteiger partial charge in [0.2, 0.25) is 0 Å². The van der Waals surface area contributed by atoms with Crippen LogP contribution in [0.5, 0.6) is 0 Å². The van der Waals surface area contributed by atoms with Gasteiger partial charge in [-0.25, -0.2) is 15.0 Å². The van der Waals surface area contributed by atoms with Crippen LogP contribution in [0.2, 0.25) is 0 Å². The third-order valence-corrected chi connectivity index (χ3v) is 5.24. The summed E-state index contributed by atoms with van der Waals surface area (Å²) in [6.07, 6.45) is 4.70. The number of nitrogens with two attached hydrogens (primary N) is 1. The lowest BCUT2D eigenvalue weighted by atomic mass is 10.3. The summed E-state index contributed by atoms with van der Waals surface area (Å²) in [5, 5.41) is 4.27. The Morgan fingerprint density at radius 3 is 2.96 bits per heavy atom. The number of hydrogen-bond donors (Lipinski definition) is 2. The molecule has 0 bridgehead atoms. The summed E-state index contributed by atoms with van der Waals surface area (Å²) in [5.41, 5.74) is 8.06. The van der Waals surface area contributed by atoms with E-state index in [0.717, 1.165) is 52.4 Å². The standard InChI is InChI=1S/C18H20N6S/c1-12-5-7-20-17(9-12)23-16-4-2-3-14(22-16)15-10-21-18(25-15)24-8-6-13(19)11-24/h2-5,7,9-10,13H,6,8,11,19H2,1H3,(H,20,22,23). The lowest BCUT2D eigenvalue weighted by Crippen LogP contribution is -2.26. The Balaban J connectivity index is 1.54. The molecular weight excluding hydrogens is 332 g/mol. The molecule has 0 spiro atoms. The monoisotopic (exact) mass is 352 g/mol. The largest absolute Gasteiger partial charge is 0.346 e. The molecule has 7 heteroatoms. The van der Waals surface area contributed by atoms with Crippen LogP contribution >= 0.6 is 11.3 Å². The number of rotatable bonds is 4. The summed E-state index contributed by atoms with van der Waals surface area (Å²) in [4.78, 5) is 16.9. The van der Waals surface area contributed by atoms with E-state index in [4.69, 9.17) is 10.7 Å². The lowest BCUT2D eigenvalue weighted by Gasteiger charge is -2.13. The van der Waals surface area contributed by atoms with Crippen LogP contribution in [0.3, 0.4) is 0 Å². The van der Waals surface area contributed by atoms with E-state index in [1.165, 1.54) is 0 Å². The van der Waals surface area contributed by atoms with Gasteiger partial charge in [0.25, 0.3) is 0 Å². The van der Waals surface area contributed by atoms with Crippen molar-refractivity contribution in [3.63, 3.8) is 0 Å². The van der Waals surface area contributed by atoms with Crippen LogP contribution in [0, 0.1) is 6.92 Å². The number of hydrogen-bond acceptors (Lipinski definition) is 7. The van der Waals surface area contributed by atoms with Crippen LogP contribution in [0.25, 0.3) is 10.6 Å². The van der Waals surface area contributed by atoms with E-state index in [0.29, 0.717) is 0 Å². The second-order valence-corrected chi connectivity index (χ2v) is 7.26. The molecule has 1 unspecified atom stereocenters. The molecule has 128 valence electrons. The molecule has 4 rings (SSSR count). The van der Waals surface area contributed by atoms with Crippen LogP contribution < -0.4 is 16.0 Å². The summed E-state index contributed by atoms with van der Waals surface area (Å²) in [5.74, 6) is 1.56. The van der Waals surface area contributed by atoms with Crippen molar-refractivity contribution in [3.8, 4) is 10.6 Å². The Hall–Kier alpha value is -2.51. The molecule has 1 aliphatic rings. The molecule has 0 radical (unpaired) electrons. The second-order valence-electron chi connectivity index (χ2n) is 6.25. The van der Waals surface area contributed by atoms with Crippen molar-refractivity contribution in [2.75, 3.05) is 23.3 Å². The SMILES string of the molecule is Cc1ccnc(Nc2cccc(-c3cnc(N4CCC(N)C4)s3)n2)c1. The topological polar surface area (TPSA) is 80.0 Å². The average molecular weight is 352 g/mol. The second kappa shape index (κ2) is 6.78. The summed E-state index contributed by atoms with van der Waals surface area (Å²) < 4.78 is 0. The van der Waals surface area contributed by atoms with Crippen molar-refractivity contribution in [2.24, 2.45) is 5.73 Å². The van der Waals surface area contributed by atoms with Crippen LogP contribution in [-0.4, -0.2) is 34.1 Å². The molecule has 3 aromatic rings. The first-order valence-electron chi connectivity index (χ1n) is 8.31. The number of aryl methyl sites for hydroxylation is 1. The highest BCUT2D eigenvalue weighted by atomic mass is 32.1. The van der Waals surface area contributed by atoms with Gasteiger partial charge in [0, 0.05) is 31.5 Å². The molecule has 1 fully saturated rings. The van der Waals surface area contributed by atoms with Crippen LogP contribution in [0.1, 0.15) is 12.0 Å². The van der Waals surface area contributed by atoms with Crippen molar-refractivity contribution in [1.29, 1.82) is 0 Å². The molecule has 0 aromatic carbocycles. The van der Waals surface area contributed by atoms with Gasteiger partial charge in [-0.05, 0) is 43.2 Å². The van der Waals surface area contributed by atoms with Gasteiger partial charge in [-0.2, -0.15) is 0 Å². The van der Waals surface area contributed by atoms with Gasteiger partial charge >= 0.3 is 0 Å². The fraction of sp³-hybridized carbons (Fsp3) is 0.278. The minimum absolute atomic E-state index is 0.250. The van der Waals surface area contributed by atoms with Gasteiger partial charge in [0.15, 0.2) is 5.13 Å². The Labute approximate surface area is 150 Å². The number of nitrogens with zero attached hydrogens (tertiary/aromatic N) is 4. The van der Waals surface area contributed by atoms with Gasteiger partial charge in [-0.3, -0.25) is 0 Å². The van der Waals surface area contributed by atoms with Crippen molar-refractivity contribution < 1.29 is 0 Å². The molecule has 6 nitrogen and oxygen atoms in total. The van der Waals surface area contributed by atoms with Gasteiger partial charge in [0.1, 0.15) is 11.6 Å². The first kappa shape index (κ1) is 16.0. The molecule has 0 saturated carbocycles. The molecule has 3 aromatic heterocycles. The smallest absolute Gasteiger partial charge is 0.185 e. The third kappa shape index (κ3) is 3.62. The number of pyridine rings is 2. The van der Waals surface area contributed by atoms with E-state index >= 15 is 0 Å². The molecular formula is C18H20N6S. The number of nitrogens with one attached hydrogen (secondary N) is 1. The maximum absolute atomic E-state index is 5.99. The third-order valence-electron chi connectivity index (χ3n) is 4.16. The minimum Gasteiger partial charge on any atom is -0.346 e. The molecule has 4 heterocycles. The summed E-state index contributed by atoms with van der Waals surface area (Å²) in [7, 11) is 0. The fourth-order valence-corrected chi connectivity index (χ4v) is 3.79. The fourth-order valence-electron chi connectivity index (χ4n) is 2.87. The number of aromatic nitrogens is 3. The van der Waals surface area contributed by atoms with Crippen LogP contribution in [-0.2, 0) is 0 Å². The summed E-state index contributed by atoms with van der Waals surface area (Å²) in [6, 6.07) is 10.1. The first-order valence-corrected chi connectivity index (χ1v) is 9.12. The Bertz CT molecular complexity index is 877. The van der Waals surface area contributed by atoms with E-state index in [-0.39, 0.29) is 6.04 Å². The van der Waals surface area contributed by atoms with E-state index in [1.807, 2.05) is 43.5 Å². The van der Waals surface area contributed by atoms with Gasteiger partial charge in [-0.1, -0.05) is 17.4 Å². The highest BCUT2D eigenvalue weighted by Crippen LogP contribution is 2.32. The van der Waals surface area contributed by atoms with Crippen molar-refractivity contribution in [3.05, 3.63) is 48.3 Å². The molecule has 25 heavy (non-hydrogen) atoms. The Morgan fingerprint density at radius 1 is 1.24 bits per heavy atom. The Morgan fingerprint density at radius 2 is 2.16 bits per heavy atom. The molecule has 1 atom stereocenters. The summed E-state index contributed by atoms with van der Waals surface area (Å²) in [6.45, 7) is 3.89. The number of thiazole rings is 1. The number of anilines is 3. The highest BCUT2D eigenvalue weighted by molar-refractivity contribution is 7.18. The van der Waals surface area contributed by atoms with Crippen molar-refractivity contribution >= 4 is 28.1 Å². The van der Waals surface area contributed by atoms with E-state index < -0.39 is 0 Å². The highest BCUT2D eigenvalue weighted by Gasteiger charge is 2.22. The molecule has 3 N–H and O–H groups in total. The molecule has 1 aliphatic heterocycles. The van der Waals surface area contributed by atoms with Gasteiger partial charge < -0.3 is 16.0 Å². The van der Waals surface area contributed by atoms with Gasteiger partial charge in [-0.15, -0.1) is 0 Å². The lowest BCUT2D eigenvalue weighted by molar-refractivity contribution is 0.752. The van der Waals surface area contributed by atoms with Crippen LogP contribution in [0.4, 0.5) is 16.8 Å². The molecule has 1 saturated heterocycles. The zero-order chi connectivity index (χ0) is 17.2. The zero-order valence-electron chi connectivity index (χ0n) is 14.0. The Kier molecular flexibility index (Phi) is 4.33. The predicted octanol–water partition coefficient (Wildman–Crippen LogP) is 3.19. The minimum atomic E-state index is 0.250. The van der Waals surface area contributed by atoms with Crippen LogP contribution in [0.15, 0.2) is 42.7 Å². The van der Waals surface area contributed by atoms with E-state index in [2.05, 4.69) is 20.2 Å².